The minimum absolute atomic E-state index is 0. The molecule has 1 aromatic heterocycles. The Morgan fingerprint density at radius 3 is 2.32 bits per heavy atom. The molecule has 1 aliphatic rings. The van der Waals surface area contributed by atoms with Gasteiger partial charge < -0.3 is 25.6 Å². The highest BCUT2D eigenvalue weighted by molar-refractivity contribution is 5.74. The fourth-order valence-electron chi connectivity index (χ4n) is 4.46. The first-order valence-corrected chi connectivity index (χ1v) is 14.6. The summed E-state index contributed by atoms with van der Waals surface area (Å²) in [6, 6.07) is 5.00. The van der Waals surface area contributed by atoms with Crippen molar-refractivity contribution in [3.8, 4) is 0 Å². The number of carbonyl (C=O) groups is 2. The molecule has 3 rings (SSSR count). The lowest BCUT2D eigenvalue weighted by molar-refractivity contribution is -0.144. The van der Waals surface area contributed by atoms with Crippen molar-refractivity contribution in [2.75, 3.05) is 26.7 Å². The molecule has 0 amide bonds. The highest BCUT2D eigenvalue weighted by Gasteiger charge is 2.26. The van der Waals surface area contributed by atoms with Crippen LogP contribution in [0.2, 0.25) is 0 Å². The summed E-state index contributed by atoms with van der Waals surface area (Å²) in [5.41, 5.74) is 4.11. The van der Waals surface area contributed by atoms with Crippen LogP contribution in [0, 0.1) is 17.6 Å². The van der Waals surface area contributed by atoms with Gasteiger partial charge >= 0.3 is 5.97 Å². The molecule has 2 aromatic rings. The van der Waals surface area contributed by atoms with E-state index in [9.17, 15) is 28.4 Å². The summed E-state index contributed by atoms with van der Waals surface area (Å²) in [5.74, 6) is -1.91. The zero-order valence-corrected chi connectivity index (χ0v) is 27.3. The molecule has 0 radical (unpaired) electrons. The van der Waals surface area contributed by atoms with E-state index >= 15 is 0 Å². The number of hydrogen-bond acceptors (Lipinski definition) is 8. The van der Waals surface area contributed by atoms with Crippen molar-refractivity contribution in [1.29, 1.82) is 0 Å². The molecule has 1 saturated heterocycles. The first-order valence-electron chi connectivity index (χ1n) is 14.6. The number of halogens is 2. The smallest absolute Gasteiger partial charge is 0.307 e. The zero-order valence-electron chi connectivity index (χ0n) is 27.3. The predicted molar refractivity (Wildman–Crippen MR) is 173 cm³/mol. The molecule has 1 aromatic carbocycles. The third-order valence-corrected chi connectivity index (χ3v) is 6.43. The van der Waals surface area contributed by atoms with Gasteiger partial charge in [-0.05, 0) is 81.1 Å². The lowest BCUT2D eigenvalue weighted by atomic mass is 9.93. The number of nitrogens with one attached hydrogen (secondary N) is 1. The van der Waals surface area contributed by atoms with Crippen molar-refractivity contribution in [2.45, 2.75) is 73.4 Å². The molecule has 11 heteroatoms. The number of benzene rings is 1. The number of hydroxylamine groups is 1. The van der Waals surface area contributed by atoms with Gasteiger partial charge in [-0.3, -0.25) is 14.4 Å². The van der Waals surface area contributed by atoms with Gasteiger partial charge in [0.1, 0.15) is 0 Å². The van der Waals surface area contributed by atoms with E-state index in [4.69, 9.17) is 4.74 Å². The molecule has 1 unspecified atom stereocenters. The minimum Gasteiger partial charge on any atom is -0.466 e. The molecule has 44 heavy (non-hydrogen) atoms. The van der Waals surface area contributed by atoms with Gasteiger partial charge in [0.15, 0.2) is 17.9 Å². The summed E-state index contributed by atoms with van der Waals surface area (Å²) in [7, 11) is 2.01. The third-order valence-electron chi connectivity index (χ3n) is 6.43. The van der Waals surface area contributed by atoms with Crippen LogP contribution in [-0.4, -0.2) is 53.7 Å². The maximum Gasteiger partial charge on any atom is 0.307 e. The Kier molecular flexibility index (Phi) is 18.8. The maximum atomic E-state index is 14.3. The average molecular weight is 623 g/mol. The van der Waals surface area contributed by atoms with Gasteiger partial charge in [-0.1, -0.05) is 39.8 Å². The minimum atomic E-state index is -1.10. The number of esters is 1. The number of hydrogen-bond donors (Lipinski definition) is 3. The number of likely N-dealkylation sites (tertiary alicyclic amines) is 1. The van der Waals surface area contributed by atoms with Crippen LogP contribution < -0.4 is 17.2 Å². The summed E-state index contributed by atoms with van der Waals surface area (Å²) in [6.45, 7) is 15.7. The van der Waals surface area contributed by atoms with Crippen LogP contribution in [0.4, 0.5) is 8.78 Å². The second kappa shape index (κ2) is 20.4. The molecule has 0 bridgehead atoms. The summed E-state index contributed by atoms with van der Waals surface area (Å²) in [5, 5.41) is 9.32. The van der Waals surface area contributed by atoms with Gasteiger partial charge in [-0.25, -0.2) is 8.78 Å². The second-order valence-electron chi connectivity index (χ2n) is 11.0. The molecule has 2 heterocycles. The average Bonchev–Trinajstić information content (AvgIpc) is 2.93. The summed E-state index contributed by atoms with van der Waals surface area (Å²) in [4.78, 5) is 36.0. The van der Waals surface area contributed by atoms with Crippen molar-refractivity contribution in [1.82, 2.24) is 21.1 Å². The number of pyridine rings is 1. The molecule has 1 atom stereocenters. The number of rotatable bonds is 10. The van der Waals surface area contributed by atoms with E-state index in [1.165, 1.54) is 6.07 Å². The van der Waals surface area contributed by atoms with Crippen molar-refractivity contribution >= 4 is 17.8 Å². The van der Waals surface area contributed by atoms with Crippen LogP contribution in [0.25, 0.3) is 5.57 Å². The Morgan fingerprint density at radius 1 is 1.23 bits per heavy atom. The number of ether oxygens (including phenoxy) is 1. The van der Waals surface area contributed by atoms with E-state index < -0.39 is 23.6 Å². The lowest BCUT2D eigenvalue weighted by Crippen LogP contribution is -2.48. The van der Waals surface area contributed by atoms with Crippen molar-refractivity contribution in [2.24, 2.45) is 5.92 Å². The Morgan fingerprint density at radius 2 is 1.84 bits per heavy atom. The van der Waals surface area contributed by atoms with Crippen LogP contribution in [0.15, 0.2) is 53.0 Å². The number of allylic oxidation sites excluding steroid dienone is 4. The van der Waals surface area contributed by atoms with Gasteiger partial charge in [0.25, 0.3) is 5.56 Å². The normalized spacial score (nSPS) is 14.3. The van der Waals surface area contributed by atoms with E-state index in [1.807, 2.05) is 45.5 Å². The molecule has 0 aliphatic carbocycles. The molecule has 1 fully saturated rings. The quantitative estimate of drug-likeness (QED) is 0.113. The molecule has 0 spiro atoms. The maximum absolute atomic E-state index is 14.3. The lowest BCUT2D eigenvalue weighted by Gasteiger charge is -2.37. The zero-order chi connectivity index (χ0) is 32.7. The Labute approximate surface area is 261 Å². The Balaban J connectivity index is 0. The molecule has 9 nitrogen and oxygen atoms in total. The van der Waals surface area contributed by atoms with Gasteiger partial charge in [0, 0.05) is 26.3 Å². The number of aromatic nitrogens is 1. The van der Waals surface area contributed by atoms with E-state index in [0.29, 0.717) is 18.3 Å². The molecular weight excluding hydrogens is 570 g/mol. The van der Waals surface area contributed by atoms with E-state index in [1.54, 1.807) is 29.8 Å². The number of aldehydes is 1. The van der Waals surface area contributed by atoms with Crippen molar-refractivity contribution < 1.29 is 29.7 Å². The van der Waals surface area contributed by atoms with Gasteiger partial charge in [0.05, 0.1) is 30.7 Å². The predicted octanol–water partition coefficient (Wildman–Crippen LogP) is 6.92. The van der Waals surface area contributed by atoms with Crippen molar-refractivity contribution in [3.63, 3.8) is 0 Å². The fraction of sp³-hybridized carbons (Fsp3) is 0.485. The topological polar surface area (TPSA) is 136 Å². The van der Waals surface area contributed by atoms with Crippen LogP contribution >= 0.6 is 0 Å². The summed E-state index contributed by atoms with van der Waals surface area (Å²) < 4.78 is 34.8. The third kappa shape index (κ3) is 12.2. The van der Waals surface area contributed by atoms with Gasteiger partial charge in [-0.15, -0.1) is 0 Å². The highest BCUT2D eigenvalue weighted by atomic mass is 19.2. The standard InChI is InChI=1S/C19H25F2NO3.C10H12N2O2.C4H10.H3N.H2/c1-5-8-12(4)14(6-2)13-9-15(19(21)16(20)10-13)17(22-24)11-18(23)25-7-3;1-11-5-9(6-11)12-4-2-3-8(7-13)10(12)14;1-4(2)3;;/h5,8-10,17,22,24H,6-7,11H2,1-4H3;2-4,7,9H,5-6H2,1H3;4H,1-3H3;1H3;1H/b8-5-,14-12+;;;;. The van der Waals surface area contributed by atoms with Gasteiger partial charge in [0.2, 0.25) is 0 Å². The van der Waals surface area contributed by atoms with E-state index in [-0.39, 0.29) is 43.3 Å². The summed E-state index contributed by atoms with van der Waals surface area (Å²) in [6.07, 6.45) is 6.41. The van der Waals surface area contributed by atoms with E-state index in [2.05, 4.69) is 25.7 Å². The Hall–Kier alpha value is -3.51. The number of nitrogens with zero attached hydrogens (tertiary/aromatic N) is 2. The second-order valence-corrected chi connectivity index (χ2v) is 11.0. The number of likely N-dealkylation sites (N-methyl/N-ethyl adjacent to an activating group) is 1. The van der Waals surface area contributed by atoms with Gasteiger partial charge in [-0.2, -0.15) is 5.48 Å². The first-order chi connectivity index (χ1) is 20.3. The molecule has 5 N–H and O–H groups in total. The SMILES string of the molecule is C/C=C\C(C)=C(/CC)c1cc(F)c(F)c(C(CC(=O)OCC)NO)c1.CC(C)C.CN1CC(n2cccc(C=O)c2=O)C1.N.[HH]. The van der Waals surface area contributed by atoms with Crippen LogP contribution in [-0.2, 0) is 9.53 Å². The molecular formula is C33H52F2N4O5. The van der Waals surface area contributed by atoms with E-state index in [0.717, 1.165) is 36.2 Å². The summed E-state index contributed by atoms with van der Waals surface area (Å²) >= 11 is 0. The molecule has 1 aliphatic heterocycles. The Bertz CT molecular complexity index is 1320. The van der Waals surface area contributed by atoms with Crippen LogP contribution in [0.1, 0.15) is 96.3 Å². The van der Waals surface area contributed by atoms with Crippen LogP contribution in [0.3, 0.4) is 0 Å². The highest BCUT2D eigenvalue weighted by Crippen LogP contribution is 2.30. The monoisotopic (exact) mass is 622 g/mol. The molecule has 248 valence electrons. The van der Waals surface area contributed by atoms with Crippen molar-refractivity contribution in [3.05, 3.63) is 86.9 Å². The number of carbonyl (C=O) groups excluding carboxylic acids is 2. The first kappa shape index (κ1) is 40.5. The largest absolute Gasteiger partial charge is 0.466 e. The molecule has 0 saturated carbocycles. The fourth-order valence-corrected chi connectivity index (χ4v) is 4.46. The van der Waals surface area contributed by atoms with Crippen LogP contribution in [0.5, 0.6) is 0 Å².